The SMILES string of the molecule is COc1ccc(C(=O)N/N=C\c2cc(C)n(-c3ccc(I)cc3)c2C)c(OC)c1. The molecule has 0 atom stereocenters. The van der Waals surface area contributed by atoms with Gasteiger partial charge in [-0.25, -0.2) is 5.43 Å². The van der Waals surface area contributed by atoms with Crippen molar-refractivity contribution in [3.8, 4) is 17.2 Å². The molecule has 2 aromatic carbocycles. The molecule has 1 aromatic heterocycles. The number of carbonyl (C=O) groups is 1. The quantitative estimate of drug-likeness (QED) is 0.307. The Bertz CT molecular complexity index is 1060. The molecule has 0 spiro atoms. The molecule has 3 aromatic rings. The zero-order valence-electron chi connectivity index (χ0n) is 16.7. The Balaban J connectivity index is 1.78. The molecule has 29 heavy (non-hydrogen) atoms. The van der Waals surface area contributed by atoms with Crippen LogP contribution in [-0.4, -0.2) is 30.9 Å². The van der Waals surface area contributed by atoms with Crippen molar-refractivity contribution in [3.05, 3.63) is 74.6 Å². The van der Waals surface area contributed by atoms with Crippen LogP contribution in [0.25, 0.3) is 5.69 Å². The lowest BCUT2D eigenvalue weighted by molar-refractivity contribution is 0.0952. The van der Waals surface area contributed by atoms with Crippen LogP contribution in [-0.2, 0) is 0 Å². The van der Waals surface area contributed by atoms with E-state index in [2.05, 4.69) is 62.0 Å². The summed E-state index contributed by atoms with van der Waals surface area (Å²) < 4.78 is 13.8. The zero-order chi connectivity index (χ0) is 21.0. The fourth-order valence-electron chi connectivity index (χ4n) is 3.11. The van der Waals surface area contributed by atoms with Crippen LogP contribution in [0.3, 0.4) is 0 Å². The van der Waals surface area contributed by atoms with E-state index in [1.807, 2.05) is 19.9 Å². The average molecular weight is 503 g/mol. The molecule has 7 heteroatoms. The van der Waals surface area contributed by atoms with Gasteiger partial charge in [0.05, 0.1) is 26.0 Å². The summed E-state index contributed by atoms with van der Waals surface area (Å²) in [7, 11) is 3.07. The monoisotopic (exact) mass is 503 g/mol. The Morgan fingerprint density at radius 2 is 1.79 bits per heavy atom. The maximum Gasteiger partial charge on any atom is 0.275 e. The molecular formula is C22H22IN3O3. The minimum atomic E-state index is -0.354. The lowest BCUT2D eigenvalue weighted by Gasteiger charge is -2.09. The fraction of sp³-hybridized carbons (Fsp3) is 0.182. The van der Waals surface area contributed by atoms with Gasteiger partial charge in [-0.3, -0.25) is 4.79 Å². The molecule has 0 aliphatic rings. The minimum Gasteiger partial charge on any atom is -0.497 e. The third-order valence-corrected chi connectivity index (χ3v) is 5.30. The number of hydrogen-bond donors (Lipinski definition) is 1. The number of aromatic nitrogens is 1. The Morgan fingerprint density at radius 1 is 1.07 bits per heavy atom. The summed E-state index contributed by atoms with van der Waals surface area (Å²) >= 11 is 2.29. The van der Waals surface area contributed by atoms with E-state index in [1.54, 1.807) is 31.5 Å². The van der Waals surface area contributed by atoms with Gasteiger partial charge >= 0.3 is 0 Å². The Morgan fingerprint density at radius 3 is 2.45 bits per heavy atom. The highest BCUT2D eigenvalue weighted by Gasteiger charge is 2.13. The molecular weight excluding hydrogens is 481 g/mol. The third-order valence-electron chi connectivity index (χ3n) is 4.58. The van der Waals surface area contributed by atoms with E-state index in [0.717, 1.165) is 22.6 Å². The van der Waals surface area contributed by atoms with Crippen molar-refractivity contribution in [2.24, 2.45) is 5.10 Å². The van der Waals surface area contributed by atoms with E-state index >= 15 is 0 Å². The smallest absolute Gasteiger partial charge is 0.275 e. The molecule has 1 heterocycles. The van der Waals surface area contributed by atoms with Gasteiger partial charge in [-0.15, -0.1) is 0 Å². The minimum absolute atomic E-state index is 0.354. The number of aryl methyl sites for hydroxylation is 1. The van der Waals surface area contributed by atoms with Crippen molar-refractivity contribution < 1.29 is 14.3 Å². The first-order valence-corrected chi connectivity index (χ1v) is 10.0. The van der Waals surface area contributed by atoms with Crippen molar-refractivity contribution in [2.45, 2.75) is 13.8 Å². The molecule has 0 bridgehead atoms. The van der Waals surface area contributed by atoms with Crippen LogP contribution in [0.5, 0.6) is 11.5 Å². The molecule has 0 saturated heterocycles. The van der Waals surface area contributed by atoms with Crippen LogP contribution in [0.15, 0.2) is 53.6 Å². The first-order valence-electron chi connectivity index (χ1n) is 8.95. The summed E-state index contributed by atoms with van der Waals surface area (Å²) in [6, 6.07) is 15.4. The largest absolute Gasteiger partial charge is 0.497 e. The van der Waals surface area contributed by atoms with Gasteiger partial charge in [-0.05, 0) is 78.9 Å². The molecule has 0 fully saturated rings. The van der Waals surface area contributed by atoms with Crippen LogP contribution in [0, 0.1) is 17.4 Å². The van der Waals surface area contributed by atoms with E-state index in [4.69, 9.17) is 9.47 Å². The molecule has 0 saturated carbocycles. The van der Waals surface area contributed by atoms with Gasteiger partial charge in [-0.2, -0.15) is 5.10 Å². The summed E-state index contributed by atoms with van der Waals surface area (Å²) in [5.74, 6) is 0.686. The van der Waals surface area contributed by atoms with E-state index < -0.39 is 0 Å². The highest BCUT2D eigenvalue weighted by molar-refractivity contribution is 14.1. The number of ether oxygens (including phenoxy) is 2. The summed E-state index contributed by atoms with van der Waals surface area (Å²) in [5, 5.41) is 4.13. The van der Waals surface area contributed by atoms with Gasteiger partial charge in [0.15, 0.2) is 0 Å². The Hall–Kier alpha value is -2.81. The van der Waals surface area contributed by atoms with E-state index in [-0.39, 0.29) is 5.91 Å². The van der Waals surface area contributed by atoms with Crippen molar-refractivity contribution in [1.82, 2.24) is 9.99 Å². The number of nitrogens with one attached hydrogen (secondary N) is 1. The van der Waals surface area contributed by atoms with Crippen molar-refractivity contribution in [1.29, 1.82) is 0 Å². The topological polar surface area (TPSA) is 64.8 Å². The van der Waals surface area contributed by atoms with Crippen LogP contribution in [0.4, 0.5) is 0 Å². The van der Waals surface area contributed by atoms with E-state index in [0.29, 0.717) is 17.1 Å². The molecule has 6 nitrogen and oxygen atoms in total. The number of nitrogens with zero attached hydrogens (tertiary/aromatic N) is 2. The summed E-state index contributed by atoms with van der Waals surface area (Å²) in [4.78, 5) is 12.5. The van der Waals surface area contributed by atoms with Crippen LogP contribution in [0.2, 0.25) is 0 Å². The number of halogens is 1. The van der Waals surface area contributed by atoms with Crippen molar-refractivity contribution >= 4 is 34.7 Å². The predicted molar refractivity (Wildman–Crippen MR) is 123 cm³/mol. The van der Waals surface area contributed by atoms with Gasteiger partial charge < -0.3 is 14.0 Å². The van der Waals surface area contributed by atoms with Gasteiger partial charge in [-0.1, -0.05) is 0 Å². The van der Waals surface area contributed by atoms with Gasteiger partial charge in [0.2, 0.25) is 0 Å². The number of hydrogen-bond acceptors (Lipinski definition) is 4. The highest BCUT2D eigenvalue weighted by atomic mass is 127. The van der Waals surface area contributed by atoms with Gasteiger partial charge in [0.25, 0.3) is 5.91 Å². The second kappa shape index (κ2) is 9.13. The van der Waals surface area contributed by atoms with Crippen molar-refractivity contribution in [3.63, 3.8) is 0 Å². The molecule has 150 valence electrons. The summed E-state index contributed by atoms with van der Waals surface area (Å²) in [5.41, 5.74) is 7.11. The fourth-order valence-corrected chi connectivity index (χ4v) is 3.47. The second-order valence-corrected chi connectivity index (χ2v) is 7.65. The predicted octanol–water partition coefficient (Wildman–Crippen LogP) is 4.48. The normalized spacial score (nSPS) is 10.9. The lowest BCUT2D eigenvalue weighted by Crippen LogP contribution is -2.18. The van der Waals surface area contributed by atoms with Crippen LogP contribution < -0.4 is 14.9 Å². The summed E-state index contributed by atoms with van der Waals surface area (Å²) in [6.45, 7) is 4.07. The lowest BCUT2D eigenvalue weighted by atomic mass is 10.2. The molecule has 0 aliphatic carbocycles. The summed E-state index contributed by atoms with van der Waals surface area (Å²) in [6.07, 6.45) is 1.65. The van der Waals surface area contributed by atoms with Crippen molar-refractivity contribution in [2.75, 3.05) is 14.2 Å². The van der Waals surface area contributed by atoms with Gasteiger partial charge in [0, 0.05) is 32.3 Å². The Labute approximate surface area is 183 Å². The second-order valence-electron chi connectivity index (χ2n) is 6.40. The van der Waals surface area contributed by atoms with E-state index in [1.165, 1.54) is 10.7 Å². The maximum absolute atomic E-state index is 12.5. The highest BCUT2D eigenvalue weighted by Crippen LogP contribution is 2.24. The number of hydrazone groups is 1. The first kappa shape index (κ1) is 20.9. The number of benzene rings is 2. The standard InChI is InChI=1S/C22H22IN3O3/c1-14-11-16(15(2)26(14)18-7-5-17(23)6-8-18)13-24-25-22(27)20-10-9-19(28-3)12-21(20)29-4/h5-13H,1-4H3,(H,25,27)/b24-13-. The first-order chi connectivity index (χ1) is 13.9. The maximum atomic E-state index is 12.5. The number of rotatable bonds is 6. The average Bonchev–Trinajstić information content (AvgIpc) is 3.01. The molecule has 0 aliphatic heterocycles. The molecule has 1 amide bonds. The number of carbonyl (C=O) groups excluding carboxylic acids is 1. The molecule has 0 unspecified atom stereocenters. The Kier molecular flexibility index (Phi) is 6.58. The van der Waals surface area contributed by atoms with E-state index in [9.17, 15) is 4.79 Å². The van der Waals surface area contributed by atoms with Crippen LogP contribution >= 0.6 is 22.6 Å². The number of methoxy groups -OCH3 is 2. The number of amides is 1. The molecule has 3 rings (SSSR count). The molecule has 1 N–H and O–H groups in total. The zero-order valence-corrected chi connectivity index (χ0v) is 18.9. The van der Waals surface area contributed by atoms with Crippen LogP contribution in [0.1, 0.15) is 27.3 Å². The molecule has 0 radical (unpaired) electrons. The third kappa shape index (κ3) is 4.61. The van der Waals surface area contributed by atoms with Gasteiger partial charge in [0.1, 0.15) is 11.5 Å².